The van der Waals surface area contributed by atoms with Crippen LogP contribution in [0, 0.1) is 5.41 Å². The minimum Gasteiger partial charge on any atom is -0.465 e. The molecular formula is C95H174O18. The summed E-state index contributed by atoms with van der Waals surface area (Å²) in [7, 11) is 0. The molecular weight excluding hydrogens is 1430 g/mol. The van der Waals surface area contributed by atoms with Gasteiger partial charge in [-0.3, -0.25) is 43.2 Å². The van der Waals surface area contributed by atoms with Crippen molar-refractivity contribution >= 4 is 53.7 Å². The second kappa shape index (κ2) is 78.4. The Hall–Kier alpha value is -4.77. The molecule has 6 atom stereocenters. The first-order chi connectivity index (χ1) is 54.8. The summed E-state index contributed by atoms with van der Waals surface area (Å²) in [6.45, 7) is 20.7. The van der Waals surface area contributed by atoms with Gasteiger partial charge in [-0.25, -0.2) is 0 Å². The Morgan fingerprint density at radius 3 is 0.487 bits per heavy atom. The summed E-state index contributed by atoms with van der Waals surface area (Å²) >= 11 is 0. The van der Waals surface area contributed by atoms with Gasteiger partial charge in [-0.2, -0.15) is 0 Å². The Balaban J connectivity index is 6.01. The molecule has 0 aromatic rings. The number of ether oxygens (including phenoxy) is 9. The molecule has 0 aliphatic rings. The van der Waals surface area contributed by atoms with Crippen molar-refractivity contribution in [2.75, 3.05) is 19.8 Å². The molecule has 18 nitrogen and oxygen atoms in total. The van der Waals surface area contributed by atoms with Crippen LogP contribution < -0.4 is 0 Å². The summed E-state index contributed by atoms with van der Waals surface area (Å²) in [6, 6.07) is 0. The van der Waals surface area contributed by atoms with Crippen molar-refractivity contribution in [3.05, 3.63) is 0 Å². The molecule has 0 saturated heterocycles. The Morgan fingerprint density at radius 1 is 0.177 bits per heavy atom. The Kier molecular flexibility index (Phi) is 75.1. The first kappa shape index (κ1) is 108. The summed E-state index contributed by atoms with van der Waals surface area (Å²) in [5.41, 5.74) is -1.01. The van der Waals surface area contributed by atoms with Gasteiger partial charge in [0.1, 0.15) is 56.4 Å². The summed E-state index contributed by atoms with van der Waals surface area (Å²) < 4.78 is 54.1. The van der Waals surface area contributed by atoms with E-state index in [1.54, 1.807) is 6.92 Å². The molecule has 0 spiro atoms. The highest BCUT2D eigenvalue weighted by Crippen LogP contribution is 2.27. The number of rotatable bonds is 84. The zero-order valence-electron chi connectivity index (χ0n) is 74.6. The average Bonchev–Trinajstić information content (AvgIpc) is 1.07. The first-order valence-electron chi connectivity index (χ1n) is 47.5. The molecule has 0 bridgehead atoms. The molecule has 0 aliphatic heterocycles. The van der Waals surface area contributed by atoms with Gasteiger partial charge in [0, 0.05) is 57.8 Å². The fourth-order valence-electron chi connectivity index (χ4n) is 14.3. The van der Waals surface area contributed by atoms with Crippen LogP contribution in [0.5, 0.6) is 0 Å². The van der Waals surface area contributed by atoms with Crippen molar-refractivity contribution in [2.24, 2.45) is 5.41 Å². The predicted octanol–water partition coefficient (Wildman–Crippen LogP) is 26.0. The van der Waals surface area contributed by atoms with Gasteiger partial charge in [0.25, 0.3) is 0 Å². The normalized spacial score (nSPS) is 13.5. The molecule has 0 rings (SSSR count). The molecule has 6 unspecified atom stereocenters. The smallest absolute Gasteiger partial charge is 0.306 e. The van der Waals surface area contributed by atoms with Crippen LogP contribution in [0.1, 0.15) is 493 Å². The fraction of sp³-hybridized carbons (Fsp3) is 0.905. The van der Waals surface area contributed by atoms with Gasteiger partial charge < -0.3 is 42.6 Å². The van der Waals surface area contributed by atoms with E-state index in [0.29, 0.717) is 96.3 Å². The third kappa shape index (κ3) is 70.0. The van der Waals surface area contributed by atoms with E-state index in [1.807, 2.05) is 0 Å². The highest BCUT2D eigenvalue weighted by molar-refractivity contribution is 5.72. The zero-order valence-corrected chi connectivity index (χ0v) is 74.6. The molecule has 0 amide bonds. The lowest BCUT2D eigenvalue weighted by Crippen LogP contribution is -2.37. The van der Waals surface area contributed by atoms with Crippen LogP contribution in [-0.4, -0.2) is 110 Å². The first-order valence-corrected chi connectivity index (χ1v) is 47.5. The number of carbonyl (C=O) groups excluding carboxylic acids is 9. The van der Waals surface area contributed by atoms with Crippen molar-refractivity contribution < 1.29 is 85.8 Å². The SMILES string of the molecule is CCCCCCC(CCC(CCCCCCCC(=O)OCC(C)(COC(=O)CCCCCCCC(CCC(CCCCCC)OC(=O)CCCCC)OC(=O)CCCCC)COC(=O)CCCCCCCC(CCC(CCCCCC)OC(=O)CCCCC)OC(=O)CCCCC)OC(=O)CCCCC)OC(=O)CCCCC. The summed E-state index contributed by atoms with van der Waals surface area (Å²) in [6.07, 6.45) is 52.5. The lowest BCUT2D eigenvalue weighted by molar-refractivity contribution is -0.161. The van der Waals surface area contributed by atoms with E-state index in [1.165, 1.54) is 0 Å². The number of carbonyl (C=O) groups is 9. The Labute approximate surface area is 691 Å². The van der Waals surface area contributed by atoms with Crippen molar-refractivity contribution in [3.63, 3.8) is 0 Å². The van der Waals surface area contributed by atoms with Crippen molar-refractivity contribution in [2.45, 2.75) is 530 Å². The van der Waals surface area contributed by atoms with E-state index in [2.05, 4.69) is 62.3 Å². The third-order valence-electron chi connectivity index (χ3n) is 21.7. The van der Waals surface area contributed by atoms with Gasteiger partial charge in [-0.1, -0.05) is 255 Å². The van der Waals surface area contributed by atoms with Gasteiger partial charge in [-0.15, -0.1) is 0 Å². The molecule has 18 heteroatoms. The largest absolute Gasteiger partial charge is 0.465 e. The van der Waals surface area contributed by atoms with E-state index < -0.39 is 5.41 Å². The molecule has 0 heterocycles. The van der Waals surface area contributed by atoms with E-state index in [-0.39, 0.29) is 129 Å². The molecule has 662 valence electrons. The van der Waals surface area contributed by atoms with Crippen LogP contribution in [0.2, 0.25) is 0 Å². The predicted molar refractivity (Wildman–Crippen MR) is 456 cm³/mol. The number of esters is 9. The molecule has 0 radical (unpaired) electrons. The Morgan fingerprint density at radius 2 is 0.310 bits per heavy atom. The summed E-state index contributed by atoms with van der Waals surface area (Å²) in [5.74, 6) is -2.07. The van der Waals surface area contributed by atoms with Crippen molar-refractivity contribution in [3.8, 4) is 0 Å². The molecule has 0 saturated carbocycles. The second-order valence-electron chi connectivity index (χ2n) is 33.4. The molecule has 113 heavy (non-hydrogen) atoms. The molecule has 0 fully saturated rings. The monoisotopic (exact) mass is 1600 g/mol. The fourth-order valence-corrected chi connectivity index (χ4v) is 14.3. The molecule has 0 aromatic heterocycles. The number of hydrogen-bond donors (Lipinski definition) is 0. The van der Waals surface area contributed by atoms with E-state index in [0.717, 1.165) is 308 Å². The zero-order chi connectivity index (χ0) is 83.3. The Bertz CT molecular complexity index is 2060. The molecule has 0 aliphatic carbocycles. The van der Waals surface area contributed by atoms with Gasteiger partial charge in [0.05, 0.1) is 5.41 Å². The van der Waals surface area contributed by atoms with E-state index >= 15 is 0 Å². The lowest BCUT2D eigenvalue weighted by Gasteiger charge is -2.28. The van der Waals surface area contributed by atoms with Crippen LogP contribution in [0.15, 0.2) is 0 Å². The minimum absolute atomic E-state index is 0.111. The summed E-state index contributed by atoms with van der Waals surface area (Å²) in [5, 5.41) is 0. The maximum absolute atomic E-state index is 13.4. The van der Waals surface area contributed by atoms with Crippen LogP contribution >= 0.6 is 0 Å². The second-order valence-corrected chi connectivity index (χ2v) is 33.4. The third-order valence-corrected chi connectivity index (χ3v) is 21.7. The van der Waals surface area contributed by atoms with Gasteiger partial charge in [-0.05, 0) is 180 Å². The van der Waals surface area contributed by atoms with E-state index in [4.69, 9.17) is 42.6 Å². The van der Waals surface area contributed by atoms with Gasteiger partial charge in [0.15, 0.2) is 0 Å². The van der Waals surface area contributed by atoms with Crippen LogP contribution in [-0.2, 0) is 85.8 Å². The molecule has 0 aromatic carbocycles. The van der Waals surface area contributed by atoms with Crippen LogP contribution in [0.25, 0.3) is 0 Å². The molecule has 0 N–H and O–H groups in total. The maximum atomic E-state index is 13.4. The maximum Gasteiger partial charge on any atom is 0.306 e. The van der Waals surface area contributed by atoms with Gasteiger partial charge >= 0.3 is 53.7 Å². The van der Waals surface area contributed by atoms with Crippen molar-refractivity contribution in [1.82, 2.24) is 0 Å². The van der Waals surface area contributed by atoms with E-state index in [9.17, 15) is 43.2 Å². The minimum atomic E-state index is -1.01. The highest BCUT2D eigenvalue weighted by Gasteiger charge is 2.32. The average molecular weight is 1600 g/mol. The number of hydrogen-bond acceptors (Lipinski definition) is 18. The van der Waals surface area contributed by atoms with Crippen LogP contribution in [0.4, 0.5) is 0 Å². The topological polar surface area (TPSA) is 237 Å². The lowest BCUT2D eigenvalue weighted by atomic mass is 9.94. The van der Waals surface area contributed by atoms with Crippen LogP contribution in [0.3, 0.4) is 0 Å². The highest BCUT2D eigenvalue weighted by atomic mass is 16.6. The van der Waals surface area contributed by atoms with Gasteiger partial charge in [0.2, 0.25) is 0 Å². The number of unbranched alkanes of at least 4 members (excludes halogenated alkanes) is 33. The quantitative estimate of drug-likeness (QED) is 0.0312. The van der Waals surface area contributed by atoms with Crippen molar-refractivity contribution in [1.29, 1.82) is 0 Å². The standard InChI is InChI=1S/C95H174O18/c1-11-20-29-47-56-80(108-89(99)65-41-23-14-4)71-74-83(111-92(102)68-44-26-17-7)59-50-35-32-38-53-62-86(96)105-77-95(10,78-106-87(97)63-54-39-33-36-51-60-84(112-93(103)69-45-27-18-8)75-72-81(57-48-30-21-12-2)109-90(100)66-42-24-15-5)79-107-88(98)64-55-40-34-37-52-61-85(113-94(104)70-46-28-19-9)76-73-82(58-49-31-22-13-3)110-91(101)67-43-25-16-6/h80-85H,11-79H2,1-10H3. The summed E-state index contributed by atoms with van der Waals surface area (Å²) in [4.78, 5) is 118.